The lowest BCUT2D eigenvalue weighted by atomic mass is 9.87. The molecule has 15 heteroatoms. The van der Waals surface area contributed by atoms with Gasteiger partial charge < -0.3 is 24.8 Å². The number of hydrogen-bond acceptors (Lipinski definition) is 10. The van der Waals surface area contributed by atoms with Gasteiger partial charge in [0.2, 0.25) is 11.8 Å². The van der Waals surface area contributed by atoms with E-state index >= 15 is 4.39 Å². The summed E-state index contributed by atoms with van der Waals surface area (Å²) >= 11 is 6.14. The van der Waals surface area contributed by atoms with Crippen LogP contribution < -0.4 is 20.3 Å². The number of imide groups is 1. The number of halogens is 2. The number of aromatic nitrogens is 2. The highest BCUT2D eigenvalue weighted by Crippen LogP contribution is 2.36. The van der Waals surface area contributed by atoms with Crippen LogP contribution in [0.2, 0.25) is 5.02 Å². The molecule has 1 unspecified atom stereocenters. The van der Waals surface area contributed by atoms with Crippen LogP contribution in [-0.2, 0) is 16.1 Å². The minimum atomic E-state index is -0.763. The molecule has 4 amide bonds. The number of anilines is 1. The van der Waals surface area contributed by atoms with Gasteiger partial charge in [-0.1, -0.05) is 17.7 Å². The molecule has 0 spiro atoms. The van der Waals surface area contributed by atoms with Gasteiger partial charge in [0.05, 0.1) is 22.3 Å². The summed E-state index contributed by atoms with van der Waals surface area (Å²) in [5.74, 6) is 0.0708. The van der Waals surface area contributed by atoms with Gasteiger partial charge >= 0.3 is 0 Å². The average molecular weight is 797 g/mol. The van der Waals surface area contributed by atoms with Gasteiger partial charge in [0.15, 0.2) is 11.5 Å². The summed E-state index contributed by atoms with van der Waals surface area (Å²) in [5, 5.41) is 23.5. The van der Waals surface area contributed by atoms with Crippen molar-refractivity contribution in [3.8, 4) is 11.8 Å². The lowest BCUT2D eigenvalue weighted by molar-refractivity contribution is -0.136. The molecule has 4 aliphatic heterocycles. The number of likely N-dealkylation sites (tertiary alicyclic amines) is 1. The molecule has 1 aromatic heterocycles. The highest BCUT2D eigenvalue weighted by atomic mass is 35.5. The van der Waals surface area contributed by atoms with Crippen molar-refractivity contribution >= 4 is 41.0 Å². The van der Waals surface area contributed by atoms with Gasteiger partial charge in [-0.15, -0.1) is 10.2 Å². The van der Waals surface area contributed by atoms with Gasteiger partial charge in [0.1, 0.15) is 23.7 Å². The Labute approximate surface area is 335 Å². The maximum atomic E-state index is 15.4. The van der Waals surface area contributed by atoms with E-state index in [0.29, 0.717) is 33.5 Å². The SMILES string of the molecule is N#Cc1ccc(OC2CCC(NC(=O)c3ccc(N4CCC(CN5CCC(c6cc(F)c7c(c6)CN(C6CCC(=O)NC6=O)C7=O)CC5)CC4)nn3)CC2)cc1Cl. The number of nitrogens with one attached hydrogen (secondary N) is 2. The number of nitrogens with zero attached hydrogens (tertiary/aromatic N) is 6. The Balaban J connectivity index is 0.753. The predicted molar refractivity (Wildman–Crippen MR) is 208 cm³/mol. The third kappa shape index (κ3) is 8.60. The van der Waals surface area contributed by atoms with Crippen molar-refractivity contribution in [3.05, 3.63) is 81.3 Å². The van der Waals surface area contributed by atoms with Crippen molar-refractivity contribution in [2.45, 2.75) is 94.9 Å². The molecule has 13 nitrogen and oxygen atoms in total. The fourth-order valence-electron chi connectivity index (χ4n) is 9.13. The summed E-state index contributed by atoms with van der Waals surface area (Å²) in [7, 11) is 0. The highest BCUT2D eigenvalue weighted by molar-refractivity contribution is 6.31. The summed E-state index contributed by atoms with van der Waals surface area (Å²) in [6.07, 6.45) is 7.44. The van der Waals surface area contributed by atoms with E-state index in [-0.39, 0.29) is 54.8 Å². The molecule has 2 N–H and O–H groups in total. The van der Waals surface area contributed by atoms with Crippen LogP contribution in [0.1, 0.15) is 108 Å². The van der Waals surface area contributed by atoms with Crippen LogP contribution in [0.3, 0.4) is 0 Å². The van der Waals surface area contributed by atoms with Crippen molar-refractivity contribution < 1.29 is 28.3 Å². The first kappa shape index (κ1) is 38.7. The highest BCUT2D eigenvalue weighted by Gasteiger charge is 2.41. The van der Waals surface area contributed by atoms with Crippen LogP contribution in [0, 0.1) is 23.1 Å². The number of benzene rings is 2. The number of piperidine rings is 3. The van der Waals surface area contributed by atoms with Crippen molar-refractivity contribution in [1.29, 1.82) is 5.26 Å². The van der Waals surface area contributed by atoms with Crippen LogP contribution in [0.4, 0.5) is 10.2 Å². The summed E-state index contributed by atoms with van der Waals surface area (Å²) in [6, 6.07) is 13.5. The van der Waals surface area contributed by atoms with Crippen molar-refractivity contribution in [2.75, 3.05) is 37.6 Å². The van der Waals surface area contributed by atoms with E-state index in [0.717, 1.165) is 95.5 Å². The molecule has 5 heterocycles. The zero-order valence-electron chi connectivity index (χ0n) is 31.7. The summed E-state index contributed by atoms with van der Waals surface area (Å²) in [6.45, 7) is 4.75. The van der Waals surface area contributed by atoms with Crippen LogP contribution in [0.25, 0.3) is 0 Å². The van der Waals surface area contributed by atoms with Gasteiger partial charge in [0.25, 0.3) is 11.8 Å². The zero-order valence-corrected chi connectivity index (χ0v) is 32.5. The Morgan fingerprint density at radius 3 is 2.40 bits per heavy atom. The van der Waals surface area contributed by atoms with E-state index in [9.17, 15) is 19.2 Å². The minimum absolute atomic E-state index is 0.0184. The quantitative estimate of drug-likeness (QED) is 0.279. The smallest absolute Gasteiger partial charge is 0.272 e. The molecule has 3 saturated heterocycles. The molecular formula is C42H46ClFN8O5. The first-order valence-electron chi connectivity index (χ1n) is 20.1. The molecule has 57 heavy (non-hydrogen) atoms. The van der Waals surface area contributed by atoms with Crippen molar-refractivity contribution in [1.82, 2.24) is 30.6 Å². The molecule has 3 aromatic rings. The predicted octanol–water partition coefficient (Wildman–Crippen LogP) is 5.12. The third-order valence-corrected chi connectivity index (χ3v) is 12.7. The van der Waals surface area contributed by atoms with Crippen LogP contribution in [-0.4, -0.2) is 94.5 Å². The second-order valence-electron chi connectivity index (χ2n) is 16.0. The number of amides is 4. The average Bonchev–Trinajstić information content (AvgIpc) is 3.55. The Morgan fingerprint density at radius 1 is 0.947 bits per heavy atom. The summed E-state index contributed by atoms with van der Waals surface area (Å²) < 4.78 is 21.4. The molecule has 298 valence electrons. The van der Waals surface area contributed by atoms with E-state index in [4.69, 9.17) is 21.6 Å². The first-order chi connectivity index (χ1) is 27.6. The summed E-state index contributed by atoms with van der Waals surface area (Å²) in [5.41, 5.74) is 2.28. The first-order valence-corrected chi connectivity index (χ1v) is 20.4. The molecule has 1 atom stereocenters. The molecule has 5 aliphatic rings. The maximum Gasteiger partial charge on any atom is 0.272 e. The molecule has 0 radical (unpaired) electrons. The van der Waals surface area contributed by atoms with Gasteiger partial charge in [0, 0.05) is 44.7 Å². The fourth-order valence-corrected chi connectivity index (χ4v) is 9.34. The Kier molecular flexibility index (Phi) is 11.4. The molecule has 4 fully saturated rings. The number of hydrogen-bond donors (Lipinski definition) is 2. The number of rotatable bonds is 9. The normalized spacial score (nSPS) is 23.5. The summed E-state index contributed by atoms with van der Waals surface area (Å²) in [4.78, 5) is 56.3. The Hall–Kier alpha value is -5.13. The lowest BCUT2D eigenvalue weighted by Crippen LogP contribution is -2.52. The van der Waals surface area contributed by atoms with Gasteiger partial charge in [-0.25, -0.2) is 4.39 Å². The number of ether oxygens (including phenoxy) is 1. The van der Waals surface area contributed by atoms with E-state index in [2.05, 4.69) is 36.7 Å². The number of fused-ring (bicyclic) bond motifs is 1. The zero-order chi connectivity index (χ0) is 39.6. The second-order valence-corrected chi connectivity index (χ2v) is 16.4. The third-order valence-electron chi connectivity index (χ3n) is 12.4. The molecule has 8 rings (SSSR count). The standard InChI is InChI=1S/C42H46ClFN8O5/c43-33-21-32(4-1-27(33)22-45)57-31-5-2-30(3-6-31)46-40(54)35-7-9-37(49-48-35)51-17-11-25(12-18-51)23-50-15-13-26(14-16-50)28-19-29-24-52(42(56)39(29)34(44)20-28)36-8-10-38(53)47-41(36)55/h1,4,7,9,19-21,25-26,30-31,36H,2-3,5-6,8,10-18,23-24H2,(H,46,54)(H,47,53,55). The monoisotopic (exact) mass is 796 g/mol. The van der Waals surface area contributed by atoms with Gasteiger partial charge in [-0.2, -0.15) is 5.26 Å². The number of carbonyl (C=O) groups excluding carboxylic acids is 4. The van der Waals surface area contributed by atoms with E-state index in [1.165, 1.54) is 11.0 Å². The van der Waals surface area contributed by atoms with Crippen LogP contribution >= 0.6 is 11.6 Å². The number of nitriles is 1. The van der Waals surface area contributed by atoms with Crippen LogP contribution in [0.5, 0.6) is 5.75 Å². The van der Waals surface area contributed by atoms with Crippen LogP contribution in [0.15, 0.2) is 42.5 Å². The lowest BCUT2D eigenvalue weighted by Gasteiger charge is -2.38. The van der Waals surface area contributed by atoms with E-state index in [1.54, 1.807) is 24.3 Å². The maximum absolute atomic E-state index is 15.4. The second kappa shape index (κ2) is 16.8. The van der Waals surface area contributed by atoms with E-state index in [1.807, 2.05) is 12.1 Å². The molecule has 0 bridgehead atoms. The van der Waals surface area contributed by atoms with E-state index < -0.39 is 23.7 Å². The minimum Gasteiger partial charge on any atom is -0.490 e. The largest absolute Gasteiger partial charge is 0.490 e. The van der Waals surface area contributed by atoms with Crippen molar-refractivity contribution in [2.24, 2.45) is 5.92 Å². The Bertz CT molecular complexity index is 2070. The number of carbonyl (C=O) groups is 4. The molecular weight excluding hydrogens is 751 g/mol. The van der Waals surface area contributed by atoms with Gasteiger partial charge in [-0.05, 0) is 124 Å². The molecule has 1 aliphatic carbocycles. The fraction of sp³-hybridized carbons (Fsp3) is 0.500. The van der Waals surface area contributed by atoms with Crippen molar-refractivity contribution in [3.63, 3.8) is 0 Å². The molecule has 2 aromatic carbocycles. The molecule has 1 saturated carbocycles. The Morgan fingerprint density at radius 2 is 1.72 bits per heavy atom. The topological polar surface area (TPSA) is 161 Å². The van der Waals surface area contributed by atoms with Gasteiger partial charge in [-0.3, -0.25) is 24.5 Å².